The van der Waals surface area contributed by atoms with Gasteiger partial charge in [-0.1, -0.05) is 83.8 Å². The molecule has 0 aliphatic heterocycles. The van der Waals surface area contributed by atoms with Crippen LogP contribution in [-0.2, 0) is 10.8 Å². The summed E-state index contributed by atoms with van der Waals surface area (Å²) in [6.07, 6.45) is -14.0. The summed E-state index contributed by atoms with van der Waals surface area (Å²) in [5.74, 6) is 0. The van der Waals surface area contributed by atoms with Crippen molar-refractivity contribution >= 4 is 31.9 Å². The molecule has 0 aliphatic rings. The predicted molar refractivity (Wildman–Crippen MR) is 118 cm³/mol. The first-order valence-corrected chi connectivity index (χ1v) is 10.9. The number of benzene rings is 2. The monoisotopic (exact) mass is 592 g/mol. The van der Waals surface area contributed by atoms with Gasteiger partial charge in [0.15, 0.2) is 12.2 Å². The van der Waals surface area contributed by atoms with Gasteiger partial charge in [0.2, 0.25) is 0 Å². The van der Waals surface area contributed by atoms with Gasteiger partial charge in [-0.2, -0.15) is 26.3 Å². The summed E-state index contributed by atoms with van der Waals surface area (Å²) >= 11 is 6.41. The maximum atomic E-state index is 12.5. The highest BCUT2D eigenvalue weighted by Gasteiger charge is 2.49. The van der Waals surface area contributed by atoms with Gasteiger partial charge >= 0.3 is 12.4 Å². The Morgan fingerprint density at radius 1 is 0.562 bits per heavy atom. The van der Waals surface area contributed by atoms with Crippen LogP contribution in [0.1, 0.15) is 38.8 Å². The van der Waals surface area contributed by atoms with E-state index < -0.39 is 35.4 Å². The van der Waals surface area contributed by atoms with Crippen LogP contribution >= 0.6 is 31.9 Å². The molecule has 0 aliphatic carbocycles. The highest BCUT2D eigenvalue weighted by atomic mass is 79.9. The molecule has 2 aromatic rings. The zero-order chi connectivity index (χ0) is 25.1. The van der Waals surface area contributed by atoms with Gasteiger partial charge in [-0.15, -0.1) is 0 Å². The van der Waals surface area contributed by atoms with Crippen LogP contribution in [-0.4, -0.2) is 34.8 Å². The molecule has 0 fully saturated rings. The lowest BCUT2D eigenvalue weighted by Crippen LogP contribution is -2.44. The van der Waals surface area contributed by atoms with Gasteiger partial charge in [-0.3, -0.25) is 0 Å². The number of alkyl halides is 6. The first-order valence-electron chi connectivity index (χ1n) is 9.33. The lowest BCUT2D eigenvalue weighted by Gasteiger charge is -2.32. The fraction of sp³-hybridized carbons (Fsp3) is 0.455. The molecule has 180 valence electrons. The zero-order valence-electron chi connectivity index (χ0n) is 17.7. The molecule has 0 heterocycles. The second kappa shape index (κ2) is 10.4. The average molecular weight is 594 g/mol. The number of rotatable bonds is 4. The van der Waals surface area contributed by atoms with Crippen molar-refractivity contribution in [1.29, 1.82) is 0 Å². The third-order valence-electron chi connectivity index (χ3n) is 5.16. The molecule has 0 bridgehead atoms. The van der Waals surface area contributed by atoms with E-state index in [1.807, 2.05) is 0 Å². The third kappa shape index (κ3) is 7.46. The van der Waals surface area contributed by atoms with E-state index in [9.17, 15) is 36.6 Å². The Morgan fingerprint density at radius 3 is 0.969 bits per heavy atom. The fourth-order valence-corrected chi connectivity index (χ4v) is 3.42. The minimum Gasteiger partial charge on any atom is -0.383 e. The summed E-state index contributed by atoms with van der Waals surface area (Å²) in [5, 5.41) is 18.6. The first-order chi connectivity index (χ1) is 14.3. The van der Waals surface area contributed by atoms with Crippen LogP contribution < -0.4 is 0 Å². The minimum absolute atomic E-state index is 0.445. The number of hydrogen-bond acceptors (Lipinski definition) is 2. The molecule has 32 heavy (non-hydrogen) atoms. The van der Waals surface area contributed by atoms with E-state index in [2.05, 4.69) is 31.9 Å². The highest BCUT2D eigenvalue weighted by molar-refractivity contribution is 9.10. The number of hydrogen-bond donors (Lipinski definition) is 2. The van der Waals surface area contributed by atoms with Crippen molar-refractivity contribution in [3.8, 4) is 0 Å². The van der Waals surface area contributed by atoms with Crippen LogP contribution in [0.25, 0.3) is 0 Å². The summed E-state index contributed by atoms with van der Waals surface area (Å²) in [5.41, 5.74) is -1.83. The Labute approximate surface area is 199 Å². The third-order valence-corrected chi connectivity index (χ3v) is 6.22. The van der Waals surface area contributed by atoms with E-state index in [1.165, 1.54) is 27.7 Å². The van der Waals surface area contributed by atoms with Crippen molar-refractivity contribution in [2.75, 3.05) is 0 Å². The van der Waals surface area contributed by atoms with E-state index in [4.69, 9.17) is 0 Å². The van der Waals surface area contributed by atoms with Gasteiger partial charge in [-0.25, -0.2) is 0 Å². The molecule has 2 rings (SSSR count). The van der Waals surface area contributed by atoms with E-state index in [1.54, 1.807) is 48.5 Å². The van der Waals surface area contributed by atoms with Crippen molar-refractivity contribution in [3.05, 3.63) is 68.6 Å². The summed E-state index contributed by atoms with van der Waals surface area (Å²) in [4.78, 5) is 0. The van der Waals surface area contributed by atoms with Crippen LogP contribution in [0.3, 0.4) is 0 Å². The lowest BCUT2D eigenvalue weighted by molar-refractivity contribution is -0.221. The molecule has 10 heteroatoms. The number of halogens is 8. The Hall–Kier alpha value is -1.10. The van der Waals surface area contributed by atoms with Crippen molar-refractivity contribution in [2.45, 2.75) is 63.1 Å². The van der Waals surface area contributed by atoms with E-state index in [0.717, 1.165) is 8.95 Å². The van der Waals surface area contributed by atoms with Gasteiger partial charge in [0.05, 0.1) is 0 Å². The van der Waals surface area contributed by atoms with E-state index in [-0.39, 0.29) is 0 Å². The largest absolute Gasteiger partial charge is 0.415 e. The second-order valence-corrected chi connectivity index (χ2v) is 10.2. The molecule has 2 aromatic carbocycles. The van der Waals surface area contributed by atoms with Gasteiger partial charge in [0.25, 0.3) is 0 Å². The molecule has 0 saturated carbocycles. The molecule has 0 radical (unpaired) electrons. The normalized spacial score (nSPS) is 14.9. The van der Waals surface area contributed by atoms with Crippen LogP contribution in [0.15, 0.2) is 57.5 Å². The van der Waals surface area contributed by atoms with Crippen molar-refractivity contribution in [2.24, 2.45) is 0 Å². The Bertz CT molecular complexity index is 786. The molecule has 0 spiro atoms. The topological polar surface area (TPSA) is 40.5 Å². The van der Waals surface area contributed by atoms with E-state index in [0.29, 0.717) is 11.1 Å². The second-order valence-electron chi connectivity index (χ2n) is 8.35. The van der Waals surface area contributed by atoms with Crippen LogP contribution in [0.5, 0.6) is 0 Å². The zero-order valence-corrected chi connectivity index (χ0v) is 20.9. The van der Waals surface area contributed by atoms with Crippen molar-refractivity contribution in [3.63, 3.8) is 0 Å². The number of aliphatic hydroxyl groups is 2. The van der Waals surface area contributed by atoms with Crippen LogP contribution in [0, 0.1) is 0 Å². The Kier molecular flexibility index (Phi) is 9.44. The molecule has 2 N–H and O–H groups in total. The molecular weight excluding hydrogens is 570 g/mol. The van der Waals surface area contributed by atoms with Crippen molar-refractivity contribution < 1.29 is 36.6 Å². The summed E-state index contributed by atoms with van der Waals surface area (Å²) in [6.45, 7) is 5.48. The van der Waals surface area contributed by atoms with E-state index >= 15 is 0 Å². The molecule has 0 amide bonds. The molecule has 0 saturated heterocycles. The van der Waals surface area contributed by atoms with Gasteiger partial charge < -0.3 is 10.2 Å². The molecule has 2 atom stereocenters. The SMILES string of the molecule is CC(C)(c1ccc(Br)cc1)[C@@H](O)C(F)(F)F.CC(C)(c1ccc(Br)cc1)[C@H](O)C(F)(F)F. The summed E-state index contributed by atoms with van der Waals surface area (Å²) in [7, 11) is 0. The minimum atomic E-state index is -4.61. The quantitative estimate of drug-likeness (QED) is 0.365. The van der Waals surface area contributed by atoms with Gasteiger partial charge in [0.1, 0.15) is 0 Å². The molecule has 0 unspecified atom stereocenters. The molecule has 2 nitrogen and oxygen atoms in total. The summed E-state index contributed by atoms with van der Waals surface area (Å²) in [6, 6.07) is 12.9. The van der Waals surface area contributed by atoms with Crippen LogP contribution in [0.4, 0.5) is 26.3 Å². The smallest absolute Gasteiger partial charge is 0.383 e. The van der Waals surface area contributed by atoms with Gasteiger partial charge in [-0.05, 0) is 35.4 Å². The maximum absolute atomic E-state index is 12.5. The molecule has 0 aromatic heterocycles. The number of aliphatic hydroxyl groups excluding tert-OH is 2. The first kappa shape index (κ1) is 28.9. The van der Waals surface area contributed by atoms with Crippen LogP contribution in [0.2, 0.25) is 0 Å². The molecular formula is C22H24Br2F6O2. The lowest BCUT2D eigenvalue weighted by atomic mass is 9.79. The Morgan fingerprint density at radius 2 is 0.781 bits per heavy atom. The van der Waals surface area contributed by atoms with Gasteiger partial charge in [0, 0.05) is 19.8 Å². The predicted octanol–water partition coefficient (Wildman–Crippen LogP) is 7.30. The standard InChI is InChI=1S/2C11H12BrF3O/c2*1-10(2,9(16)11(13,14)15)7-3-5-8(12)6-4-7/h2*3-6,9,16H,1-2H3/t2*9-/m10/s1. The van der Waals surface area contributed by atoms with Crippen molar-refractivity contribution in [1.82, 2.24) is 0 Å². The fourth-order valence-electron chi connectivity index (χ4n) is 2.89. The Balaban J connectivity index is 0.000000320. The highest BCUT2D eigenvalue weighted by Crippen LogP contribution is 2.38. The maximum Gasteiger partial charge on any atom is 0.415 e. The average Bonchev–Trinajstić information content (AvgIpc) is 2.66. The summed E-state index contributed by atoms with van der Waals surface area (Å²) < 4.78 is 76.3.